The van der Waals surface area contributed by atoms with Gasteiger partial charge in [0.1, 0.15) is 6.10 Å². The molecule has 3 unspecified atom stereocenters. The molecule has 0 bridgehead atoms. The highest BCUT2D eigenvalue weighted by molar-refractivity contribution is 7.85. The molecule has 0 aliphatic rings. The van der Waals surface area contributed by atoms with Gasteiger partial charge in [-0.3, -0.25) is 9.35 Å². The fourth-order valence-corrected chi connectivity index (χ4v) is 8.01. The number of nitrogens with one attached hydrogen (secondary N) is 1. The van der Waals surface area contributed by atoms with Gasteiger partial charge in [0.25, 0.3) is 10.1 Å². The molecule has 0 saturated heterocycles. The summed E-state index contributed by atoms with van der Waals surface area (Å²) < 4.78 is 32.7. The van der Waals surface area contributed by atoms with Crippen LogP contribution in [0.1, 0.15) is 239 Å². The van der Waals surface area contributed by atoms with Crippen LogP contribution in [0.2, 0.25) is 0 Å². The molecule has 0 heterocycles. The van der Waals surface area contributed by atoms with Gasteiger partial charge in [0.2, 0.25) is 5.91 Å². The molecule has 0 aromatic carbocycles. The van der Waals surface area contributed by atoms with E-state index in [0.29, 0.717) is 6.42 Å². The van der Waals surface area contributed by atoms with Gasteiger partial charge in [-0.15, -0.1) is 0 Å². The highest BCUT2D eigenvalue weighted by Gasteiger charge is 2.27. The van der Waals surface area contributed by atoms with Crippen LogP contribution in [0.3, 0.4) is 0 Å². The van der Waals surface area contributed by atoms with Crippen molar-refractivity contribution in [3.05, 3.63) is 36.5 Å². The van der Waals surface area contributed by atoms with Crippen molar-refractivity contribution >= 4 is 16.0 Å². The molecule has 0 radical (unpaired) electrons. The SMILES string of the molecule is CCCCC/C=C\C=C/CCCCCCCCCCCC(O)C(=O)NC(CS(=O)(=O)O)C(O)/C=C/CCCCCCCCCCCCCCCCCCCCC. The van der Waals surface area contributed by atoms with Gasteiger partial charge in [0.15, 0.2) is 0 Å². The van der Waals surface area contributed by atoms with E-state index < -0.39 is 40.0 Å². The van der Waals surface area contributed by atoms with Crippen LogP contribution in [-0.2, 0) is 14.9 Å². The van der Waals surface area contributed by atoms with E-state index in [-0.39, 0.29) is 6.42 Å². The molecule has 3 atom stereocenters. The van der Waals surface area contributed by atoms with Gasteiger partial charge >= 0.3 is 0 Å². The number of aliphatic hydroxyl groups excluding tert-OH is 2. The van der Waals surface area contributed by atoms with Crippen molar-refractivity contribution in [1.29, 1.82) is 0 Å². The first-order chi connectivity index (χ1) is 27.2. The molecule has 0 aromatic rings. The number of amides is 1. The monoisotopic (exact) mass is 810 g/mol. The Morgan fingerprint density at radius 2 is 0.821 bits per heavy atom. The van der Waals surface area contributed by atoms with Crippen LogP contribution >= 0.6 is 0 Å². The summed E-state index contributed by atoms with van der Waals surface area (Å²) in [7, 11) is -4.45. The minimum absolute atomic E-state index is 0.275. The lowest BCUT2D eigenvalue weighted by Gasteiger charge is -2.22. The van der Waals surface area contributed by atoms with Gasteiger partial charge < -0.3 is 15.5 Å². The van der Waals surface area contributed by atoms with Crippen LogP contribution in [0.5, 0.6) is 0 Å². The van der Waals surface area contributed by atoms with Gasteiger partial charge in [-0.1, -0.05) is 230 Å². The molecule has 0 aliphatic carbocycles. The molecule has 8 heteroatoms. The fraction of sp³-hybridized carbons (Fsp3) is 0.854. The van der Waals surface area contributed by atoms with E-state index in [1.54, 1.807) is 0 Å². The predicted octanol–water partition coefficient (Wildman–Crippen LogP) is 13.4. The van der Waals surface area contributed by atoms with Gasteiger partial charge in [0, 0.05) is 0 Å². The standard InChI is InChI=1S/C48H91NO6S/c1-3-5-7-9-11-13-15-17-19-21-23-24-25-27-28-30-32-34-36-38-40-42-46(50)45(44-56(53,54)55)49-48(52)47(51)43-41-39-37-35-33-31-29-26-22-20-18-16-14-12-10-8-6-4-2/h12,14,16,18,40,42,45-47,50-51H,3-11,13,15,17,19-39,41,43-44H2,1-2H3,(H,49,52)(H,53,54,55)/b14-12-,18-16-,42-40+. The second-order valence-corrected chi connectivity index (χ2v) is 18.1. The van der Waals surface area contributed by atoms with Crippen molar-refractivity contribution in [3.63, 3.8) is 0 Å². The molecule has 0 rings (SSSR count). The maximum Gasteiger partial charge on any atom is 0.267 e. The molecule has 7 nitrogen and oxygen atoms in total. The Kier molecular flexibility index (Phi) is 40.6. The van der Waals surface area contributed by atoms with Crippen molar-refractivity contribution < 1.29 is 28.0 Å². The average molecular weight is 810 g/mol. The number of hydrogen-bond acceptors (Lipinski definition) is 5. The Balaban J connectivity index is 3.94. The maximum absolute atomic E-state index is 12.6. The van der Waals surface area contributed by atoms with Crippen LogP contribution in [0.4, 0.5) is 0 Å². The third-order valence-electron chi connectivity index (χ3n) is 10.9. The van der Waals surface area contributed by atoms with Crippen LogP contribution in [0.15, 0.2) is 36.5 Å². The molecule has 330 valence electrons. The molecule has 0 aliphatic heterocycles. The number of aliphatic hydroxyl groups is 2. The number of carbonyl (C=O) groups is 1. The Bertz CT molecular complexity index is 1040. The number of rotatable bonds is 43. The maximum atomic E-state index is 12.6. The van der Waals surface area contributed by atoms with E-state index in [9.17, 15) is 28.0 Å². The number of allylic oxidation sites excluding steroid dienone is 5. The molecule has 0 saturated carbocycles. The average Bonchev–Trinajstić information content (AvgIpc) is 3.17. The van der Waals surface area contributed by atoms with E-state index in [0.717, 1.165) is 44.9 Å². The second kappa shape index (κ2) is 41.7. The van der Waals surface area contributed by atoms with Crippen LogP contribution < -0.4 is 5.32 Å². The summed E-state index contributed by atoms with van der Waals surface area (Å²) in [6, 6.07) is -1.23. The molecule has 0 spiro atoms. The third-order valence-corrected chi connectivity index (χ3v) is 11.7. The van der Waals surface area contributed by atoms with E-state index in [4.69, 9.17) is 0 Å². The number of hydrogen-bond donors (Lipinski definition) is 4. The summed E-state index contributed by atoms with van der Waals surface area (Å²) in [6.07, 6.45) is 52.0. The summed E-state index contributed by atoms with van der Waals surface area (Å²) in [4.78, 5) is 12.6. The van der Waals surface area contributed by atoms with Gasteiger partial charge in [-0.2, -0.15) is 8.42 Å². The van der Waals surface area contributed by atoms with Crippen molar-refractivity contribution in [3.8, 4) is 0 Å². The minimum atomic E-state index is -4.45. The highest BCUT2D eigenvalue weighted by atomic mass is 32.2. The molecular formula is C48H91NO6S. The van der Waals surface area contributed by atoms with E-state index in [1.807, 2.05) is 6.08 Å². The van der Waals surface area contributed by atoms with Crippen LogP contribution in [0, 0.1) is 0 Å². The lowest BCUT2D eigenvalue weighted by Crippen LogP contribution is -2.50. The molecule has 56 heavy (non-hydrogen) atoms. The zero-order chi connectivity index (χ0) is 41.2. The third kappa shape index (κ3) is 40.7. The largest absolute Gasteiger partial charge is 0.387 e. The lowest BCUT2D eigenvalue weighted by atomic mass is 10.0. The van der Waals surface area contributed by atoms with E-state index in [1.165, 1.54) is 173 Å². The minimum Gasteiger partial charge on any atom is -0.387 e. The van der Waals surface area contributed by atoms with E-state index in [2.05, 4.69) is 43.5 Å². The Labute approximate surface area is 347 Å². The molecule has 1 amide bonds. The van der Waals surface area contributed by atoms with Crippen LogP contribution in [0.25, 0.3) is 0 Å². The quantitative estimate of drug-likeness (QED) is 0.0210. The smallest absolute Gasteiger partial charge is 0.267 e. The normalized spacial score (nSPS) is 14.0. The molecule has 0 fully saturated rings. The number of unbranched alkanes of at least 4 members (excludes halogenated alkanes) is 31. The zero-order valence-corrected chi connectivity index (χ0v) is 37.4. The summed E-state index contributed by atoms with van der Waals surface area (Å²) in [5, 5.41) is 23.5. The van der Waals surface area contributed by atoms with Crippen molar-refractivity contribution in [1.82, 2.24) is 5.32 Å². The van der Waals surface area contributed by atoms with Crippen LogP contribution in [-0.4, -0.2) is 53.1 Å². The first kappa shape index (κ1) is 54.5. The summed E-state index contributed by atoms with van der Waals surface area (Å²) >= 11 is 0. The zero-order valence-electron chi connectivity index (χ0n) is 36.6. The highest BCUT2D eigenvalue weighted by Crippen LogP contribution is 2.16. The molecular weight excluding hydrogens is 719 g/mol. The molecule has 4 N–H and O–H groups in total. The van der Waals surface area contributed by atoms with Gasteiger partial charge in [-0.25, -0.2) is 0 Å². The topological polar surface area (TPSA) is 124 Å². The van der Waals surface area contributed by atoms with Crippen molar-refractivity contribution in [2.75, 3.05) is 5.75 Å². The van der Waals surface area contributed by atoms with E-state index >= 15 is 0 Å². The van der Waals surface area contributed by atoms with Gasteiger partial charge in [-0.05, 0) is 44.9 Å². The lowest BCUT2D eigenvalue weighted by molar-refractivity contribution is -0.130. The predicted molar refractivity (Wildman–Crippen MR) is 241 cm³/mol. The number of carbonyl (C=O) groups excluding carboxylic acids is 1. The summed E-state index contributed by atoms with van der Waals surface area (Å²) in [5.41, 5.74) is 0. The fourth-order valence-electron chi connectivity index (χ4n) is 7.27. The Hall–Kier alpha value is -1.48. The first-order valence-electron chi connectivity index (χ1n) is 23.8. The van der Waals surface area contributed by atoms with Gasteiger partial charge in [0.05, 0.1) is 17.9 Å². The summed E-state index contributed by atoms with van der Waals surface area (Å²) in [6.45, 7) is 4.51. The van der Waals surface area contributed by atoms with Crippen molar-refractivity contribution in [2.24, 2.45) is 0 Å². The Morgan fingerprint density at radius 1 is 0.500 bits per heavy atom. The first-order valence-corrected chi connectivity index (χ1v) is 25.4. The summed E-state index contributed by atoms with van der Waals surface area (Å²) in [5.74, 6) is -1.54. The Morgan fingerprint density at radius 3 is 1.21 bits per heavy atom. The second-order valence-electron chi connectivity index (χ2n) is 16.6. The molecule has 0 aromatic heterocycles. The van der Waals surface area contributed by atoms with Crippen molar-refractivity contribution in [2.45, 2.75) is 257 Å².